The van der Waals surface area contributed by atoms with Crippen molar-refractivity contribution in [2.24, 2.45) is 0 Å². The van der Waals surface area contributed by atoms with Gasteiger partial charge in [0, 0.05) is 13.2 Å². The molecule has 0 radical (unpaired) electrons. The molecule has 1 atom stereocenters. The number of hydrogen-bond acceptors (Lipinski definition) is 3. The Hall–Kier alpha value is -0.640. The first-order chi connectivity index (χ1) is 17.7. The van der Waals surface area contributed by atoms with Crippen molar-refractivity contribution in [1.82, 2.24) is 4.90 Å². The summed E-state index contributed by atoms with van der Waals surface area (Å²) in [5, 5.41) is 0. The van der Waals surface area contributed by atoms with Crippen LogP contribution in [0.25, 0.3) is 0 Å². The van der Waals surface area contributed by atoms with Gasteiger partial charge >= 0.3 is 0 Å². The first kappa shape index (κ1) is 35.4. The summed E-state index contributed by atoms with van der Waals surface area (Å²) in [4.78, 5) is 2.24. The molecule has 0 rings (SSSR count). The lowest BCUT2D eigenvalue weighted by atomic mass is 10.1. The van der Waals surface area contributed by atoms with Crippen LogP contribution in [0.4, 0.5) is 0 Å². The highest BCUT2D eigenvalue weighted by Crippen LogP contribution is 2.11. The van der Waals surface area contributed by atoms with Gasteiger partial charge in [-0.15, -0.1) is 0 Å². The second kappa shape index (κ2) is 30.6. The van der Waals surface area contributed by atoms with Gasteiger partial charge in [-0.2, -0.15) is 0 Å². The van der Waals surface area contributed by atoms with Gasteiger partial charge in [-0.05, 0) is 59.0 Å². The zero-order valence-electron chi connectivity index (χ0n) is 25.1. The van der Waals surface area contributed by atoms with Crippen LogP contribution in [0.2, 0.25) is 0 Å². The van der Waals surface area contributed by atoms with Crippen molar-refractivity contribution in [3.8, 4) is 0 Å². The van der Waals surface area contributed by atoms with E-state index in [1.54, 1.807) is 0 Å². The van der Waals surface area contributed by atoms with E-state index in [2.05, 4.69) is 57.1 Å². The maximum absolute atomic E-state index is 5.98. The molecule has 0 saturated carbocycles. The highest BCUT2D eigenvalue weighted by atomic mass is 16.5. The lowest BCUT2D eigenvalue weighted by molar-refractivity contribution is 0.0197. The monoisotopic (exact) mass is 508 g/mol. The highest BCUT2D eigenvalue weighted by Gasteiger charge is 2.11. The molecule has 214 valence electrons. The minimum Gasteiger partial charge on any atom is -0.380 e. The fourth-order valence-electron chi connectivity index (χ4n) is 4.32. The molecule has 1 unspecified atom stereocenters. The Balaban J connectivity index is 3.41. The first-order valence-corrected chi connectivity index (χ1v) is 15.8. The fraction of sp³-hybridized carbons (Fsp3) is 0.879. The second-order valence-electron chi connectivity index (χ2n) is 10.8. The average Bonchev–Trinajstić information content (AvgIpc) is 2.87. The number of allylic oxidation sites excluding steroid dienone is 4. The molecule has 0 aliphatic rings. The van der Waals surface area contributed by atoms with Crippen LogP contribution in [0.5, 0.6) is 0 Å². The topological polar surface area (TPSA) is 21.7 Å². The first-order valence-electron chi connectivity index (χ1n) is 15.8. The van der Waals surface area contributed by atoms with Crippen LogP contribution in [0.15, 0.2) is 24.3 Å². The molecule has 0 amide bonds. The van der Waals surface area contributed by atoms with E-state index in [1.807, 2.05) is 0 Å². The summed E-state index contributed by atoms with van der Waals surface area (Å²) < 4.78 is 11.9. The maximum atomic E-state index is 5.98. The largest absolute Gasteiger partial charge is 0.380 e. The van der Waals surface area contributed by atoms with Gasteiger partial charge in [0.1, 0.15) is 0 Å². The molecule has 0 fully saturated rings. The highest BCUT2D eigenvalue weighted by molar-refractivity contribution is 4.92. The third-order valence-electron chi connectivity index (χ3n) is 6.98. The SMILES string of the molecule is CCCCCC=CCC=CCCCCCCCCCCOCC(COCCCCCCCC)N(C)C. The Morgan fingerprint density at radius 2 is 0.889 bits per heavy atom. The lowest BCUT2D eigenvalue weighted by Crippen LogP contribution is -2.37. The van der Waals surface area contributed by atoms with E-state index in [1.165, 1.54) is 122 Å². The van der Waals surface area contributed by atoms with Crippen molar-refractivity contribution >= 4 is 0 Å². The van der Waals surface area contributed by atoms with E-state index < -0.39 is 0 Å². The molecule has 0 aromatic carbocycles. The second-order valence-corrected chi connectivity index (χ2v) is 10.8. The van der Waals surface area contributed by atoms with Gasteiger partial charge in [0.15, 0.2) is 0 Å². The smallest absolute Gasteiger partial charge is 0.0644 e. The van der Waals surface area contributed by atoms with Gasteiger partial charge in [0.25, 0.3) is 0 Å². The summed E-state index contributed by atoms with van der Waals surface area (Å²) in [5.74, 6) is 0. The zero-order chi connectivity index (χ0) is 26.4. The molecule has 0 aromatic rings. The van der Waals surface area contributed by atoms with Gasteiger partial charge in [-0.1, -0.05) is 122 Å². The van der Waals surface area contributed by atoms with E-state index in [0.29, 0.717) is 6.04 Å². The van der Waals surface area contributed by atoms with Crippen LogP contribution in [-0.2, 0) is 9.47 Å². The molecule has 0 N–H and O–H groups in total. The van der Waals surface area contributed by atoms with E-state index in [9.17, 15) is 0 Å². The summed E-state index contributed by atoms with van der Waals surface area (Å²) in [6.45, 7) is 7.89. The van der Waals surface area contributed by atoms with Gasteiger partial charge in [0.2, 0.25) is 0 Å². The number of likely N-dealkylation sites (N-methyl/N-ethyl adjacent to an activating group) is 1. The standard InChI is InChI=1S/C33H65NO2/c1-5-7-9-11-13-14-15-16-17-18-19-20-21-22-23-24-26-28-30-36-32-33(34(3)4)31-35-29-27-25-12-10-8-6-2/h13-14,16-17,33H,5-12,15,18-32H2,1-4H3. The molecule has 0 bridgehead atoms. The molecule has 0 aliphatic carbocycles. The van der Waals surface area contributed by atoms with Gasteiger partial charge in [0.05, 0.1) is 19.3 Å². The molecule has 3 nitrogen and oxygen atoms in total. The Bertz CT molecular complexity index is 461. The Morgan fingerprint density at radius 3 is 1.36 bits per heavy atom. The van der Waals surface area contributed by atoms with Gasteiger partial charge < -0.3 is 14.4 Å². The van der Waals surface area contributed by atoms with Crippen molar-refractivity contribution in [2.75, 3.05) is 40.5 Å². The van der Waals surface area contributed by atoms with E-state index >= 15 is 0 Å². The van der Waals surface area contributed by atoms with E-state index in [0.717, 1.165) is 32.8 Å². The average molecular weight is 508 g/mol. The normalized spacial score (nSPS) is 13.0. The molecule has 0 saturated heterocycles. The quantitative estimate of drug-likeness (QED) is 0.0742. The van der Waals surface area contributed by atoms with Crippen molar-refractivity contribution < 1.29 is 9.47 Å². The van der Waals surface area contributed by atoms with Crippen LogP contribution in [-0.4, -0.2) is 51.5 Å². The third-order valence-corrected chi connectivity index (χ3v) is 6.98. The summed E-state index contributed by atoms with van der Waals surface area (Å²) in [6, 6.07) is 0.368. The molecule has 3 heteroatoms. The number of nitrogens with zero attached hydrogens (tertiary/aromatic N) is 1. The number of hydrogen-bond donors (Lipinski definition) is 0. The number of rotatable bonds is 29. The number of unbranched alkanes of at least 4 members (excludes halogenated alkanes) is 16. The van der Waals surface area contributed by atoms with Crippen LogP contribution in [0, 0.1) is 0 Å². The minimum atomic E-state index is 0.368. The van der Waals surface area contributed by atoms with Crippen LogP contribution in [0.3, 0.4) is 0 Å². The van der Waals surface area contributed by atoms with Crippen molar-refractivity contribution in [2.45, 2.75) is 148 Å². The molecular formula is C33H65NO2. The summed E-state index contributed by atoms with van der Waals surface area (Å²) in [5.41, 5.74) is 0. The lowest BCUT2D eigenvalue weighted by Gasteiger charge is -2.24. The maximum Gasteiger partial charge on any atom is 0.0644 e. The molecular weight excluding hydrogens is 442 g/mol. The Kier molecular flexibility index (Phi) is 30.0. The van der Waals surface area contributed by atoms with Gasteiger partial charge in [-0.3, -0.25) is 0 Å². The predicted molar refractivity (Wildman–Crippen MR) is 161 cm³/mol. The molecule has 36 heavy (non-hydrogen) atoms. The van der Waals surface area contributed by atoms with Crippen molar-refractivity contribution in [3.05, 3.63) is 24.3 Å². The predicted octanol–water partition coefficient (Wildman–Crippen LogP) is 9.90. The summed E-state index contributed by atoms with van der Waals surface area (Å²) in [6.07, 6.45) is 35.7. The van der Waals surface area contributed by atoms with E-state index in [-0.39, 0.29) is 0 Å². The van der Waals surface area contributed by atoms with Crippen molar-refractivity contribution in [1.29, 1.82) is 0 Å². The summed E-state index contributed by atoms with van der Waals surface area (Å²) >= 11 is 0. The molecule has 0 heterocycles. The molecule has 0 spiro atoms. The Morgan fingerprint density at radius 1 is 0.500 bits per heavy atom. The molecule has 0 aliphatic heterocycles. The fourth-order valence-corrected chi connectivity index (χ4v) is 4.32. The van der Waals surface area contributed by atoms with Crippen LogP contribution >= 0.6 is 0 Å². The van der Waals surface area contributed by atoms with Gasteiger partial charge in [-0.25, -0.2) is 0 Å². The zero-order valence-corrected chi connectivity index (χ0v) is 25.1. The van der Waals surface area contributed by atoms with Crippen LogP contribution in [0.1, 0.15) is 142 Å². The van der Waals surface area contributed by atoms with E-state index in [4.69, 9.17) is 9.47 Å². The molecule has 0 aromatic heterocycles. The third kappa shape index (κ3) is 27.9. The number of ether oxygens (including phenoxy) is 2. The Labute approximate surface area is 227 Å². The van der Waals surface area contributed by atoms with Crippen LogP contribution < -0.4 is 0 Å². The summed E-state index contributed by atoms with van der Waals surface area (Å²) in [7, 11) is 4.26. The van der Waals surface area contributed by atoms with Crippen molar-refractivity contribution in [3.63, 3.8) is 0 Å². The minimum absolute atomic E-state index is 0.368.